The Bertz CT molecular complexity index is 1070. The molecule has 0 aliphatic heterocycles. The number of aryl methyl sites for hydroxylation is 1. The molecule has 0 saturated carbocycles. The van der Waals surface area contributed by atoms with Crippen LogP contribution in [0.5, 0.6) is 0 Å². The van der Waals surface area contributed by atoms with Gasteiger partial charge in [-0.25, -0.2) is 5.43 Å². The first-order valence-electron chi connectivity index (χ1n) is 8.62. The quantitative estimate of drug-likeness (QED) is 0.282. The molecule has 0 aliphatic carbocycles. The molecule has 0 aliphatic rings. The van der Waals surface area contributed by atoms with Crippen molar-refractivity contribution in [1.29, 1.82) is 0 Å². The predicted molar refractivity (Wildman–Crippen MR) is 114 cm³/mol. The van der Waals surface area contributed by atoms with Gasteiger partial charge in [0, 0.05) is 31.8 Å². The van der Waals surface area contributed by atoms with Crippen molar-refractivity contribution in [3.63, 3.8) is 0 Å². The maximum Gasteiger partial charge on any atom is 0.416 e. The van der Waals surface area contributed by atoms with Crippen LogP contribution in [0.25, 0.3) is 5.69 Å². The number of hydrazone groups is 1. The number of benzene rings is 2. The molecule has 0 saturated heterocycles. The molecular formula is C21H17F3IN3O. The van der Waals surface area contributed by atoms with Crippen molar-refractivity contribution in [3.05, 3.63) is 86.2 Å². The van der Waals surface area contributed by atoms with Crippen molar-refractivity contribution >= 4 is 34.7 Å². The van der Waals surface area contributed by atoms with Gasteiger partial charge in [0.2, 0.25) is 0 Å². The molecule has 29 heavy (non-hydrogen) atoms. The molecule has 0 radical (unpaired) electrons. The number of alkyl halides is 3. The lowest BCUT2D eigenvalue weighted by molar-refractivity contribution is -0.137. The highest BCUT2D eigenvalue weighted by molar-refractivity contribution is 14.1. The van der Waals surface area contributed by atoms with Gasteiger partial charge in [-0.3, -0.25) is 4.79 Å². The highest BCUT2D eigenvalue weighted by Crippen LogP contribution is 2.29. The number of hydrogen-bond donors (Lipinski definition) is 1. The Morgan fingerprint density at radius 2 is 1.79 bits per heavy atom. The summed E-state index contributed by atoms with van der Waals surface area (Å²) in [6.07, 6.45) is -3.02. The second-order valence-corrected chi connectivity index (χ2v) is 7.66. The number of hydrogen-bond acceptors (Lipinski definition) is 2. The number of carbonyl (C=O) groups excluding carboxylic acids is 1. The second-order valence-electron chi connectivity index (χ2n) is 6.42. The minimum atomic E-state index is -4.51. The summed E-state index contributed by atoms with van der Waals surface area (Å²) in [7, 11) is 0. The lowest BCUT2D eigenvalue weighted by Gasteiger charge is -2.09. The minimum Gasteiger partial charge on any atom is -0.318 e. The SMILES string of the molecule is Cc1cc(/C=N/NC(=O)c2cccc(C(F)(F)F)c2)c(C)n1-c1ccc(I)cc1. The predicted octanol–water partition coefficient (Wildman–Crippen LogP) is 5.48. The summed E-state index contributed by atoms with van der Waals surface area (Å²) >= 11 is 2.24. The summed E-state index contributed by atoms with van der Waals surface area (Å²) in [4.78, 5) is 12.1. The van der Waals surface area contributed by atoms with E-state index in [0.717, 1.165) is 38.3 Å². The van der Waals surface area contributed by atoms with E-state index in [-0.39, 0.29) is 5.56 Å². The van der Waals surface area contributed by atoms with Gasteiger partial charge in [-0.1, -0.05) is 6.07 Å². The zero-order valence-electron chi connectivity index (χ0n) is 15.6. The van der Waals surface area contributed by atoms with Crippen molar-refractivity contribution in [2.45, 2.75) is 20.0 Å². The van der Waals surface area contributed by atoms with E-state index in [9.17, 15) is 18.0 Å². The molecule has 4 nitrogen and oxygen atoms in total. The van der Waals surface area contributed by atoms with Crippen LogP contribution in [0, 0.1) is 17.4 Å². The molecule has 0 unspecified atom stereocenters. The van der Waals surface area contributed by atoms with Gasteiger partial charge < -0.3 is 4.57 Å². The van der Waals surface area contributed by atoms with E-state index >= 15 is 0 Å². The normalized spacial score (nSPS) is 11.8. The lowest BCUT2D eigenvalue weighted by atomic mass is 10.1. The number of halogens is 4. The van der Waals surface area contributed by atoms with Gasteiger partial charge in [0.05, 0.1) is 11.8 Å². The Morgan fingerprint density at radius 3 is 2.45 bits per heavy atom. The lowest BCUT2D eigenvalue weighted by Crippen LogP contribution is -2.18. The fraction of sp³-hybridized carbons (Fsp3) is 0.143. The first kappa shape index (κ1) is 21.1. The van der Waals surface area contributed by atoms with Crippen LogP contribution in [-0.4, -0.2) is 16.7 Å². The van der Waals surface area contributed by atoms with E-state index < -0.39 is 17.6 Å². The molecule has 1 aromatic heterocycles. The van der Waals surface area contributed by atoms with E-state index in [1.165, 1.54) is 18.3 Å². The Kier molecular flexibility index (Phi) is 6.11. The average Bonchev–Trinajstić information content (AvgIpc) is 2.95. The van der Waals surface area contributed by atoms with E-state index in [1.54, 1.807) is 0 Å². The van der Waals surface area contributed by atoms with Gasteiger partial charge in [-0.2, -0.15) is 18.3 Å². The second kappa shape index (κ2) is 8.40. The third kappa shape index (κ3) is 4.87. The Labute approximate surface area is 179 Å². The van der Waals surface area contributed by atoms with Gasteiger partial charge >= 0.3 is 6.18 Å². The van der Waals surface area contributed by atoms with Crippen LogP contribution in [0.3, 0.4) is 0 Å². The highest BCUT2D eigenvalue weighted by atomic mass is 127. The fourth-order valence-electron chi connectivity index (χ4n) is 2.97. The Hall–Kier alpha value is -2.62. The molecule has 1 heterocycles. The molecule has 1 amide bonds. The van der Waals surface area contributed by atoms with Crippen LogP contribution >= 0.6 is 22.6 Å². The summed E-state index contributed by atoms with van der Waals surface area (Å²) in [6, 6.07) is 14.2. The molecule has 0 atom stereocenters. The number of rotatable bonds is 4. The highest BCUT2D eigenvalue weighted by Gasteiger charge is 2.30. The minimum absolute atomic E-state index is 0.110. The van der Waals surface area contributed by atoms with Crippen molar-refractivity contribution in [2.24, 2.45) is 5.10 Å². The molecule has 0 fully saturated rings. The number of nitrogens with zero attached hydrogens (tertiary/aromatic N) is 2. The Morgan fingerprint density at radius 1 is 1.10 bits per heavy atom. The van der Waals surface area contributed by atoms with Crippen molar-refractivity contribution in [3.8, 4) is 5.69 Å². The van der Waals surface area contributed by atoms with E-state index in [4.69, 9.17) is 0 Å². The maximum atomic E-state index is 12.8. The molecule has 2 aromatic carbocycles. The number of carbonyl (C=O) groups is 1. The van der Waals surface area contributed by atoms with E-state index in [2.05, 4.69) is 37.7 Å². The molecule has 3 rings (SSSR count). The maximum absolute atomic E-state index is 12.8. The Balaban J connectivity index is 1.77. The summed E-state index contributed by atoms with van der Waals surface area (Å²) in [6.45, 7) is 3.89. The first-order chi connectivity index (χ1) is 13.7. The zero-order valence-corrected chi connectivity index (χ0v) is 17.7. The number of aromatic nitrogens is 1. The average molecular weight is 511 g/mol. The van der Waals surface area contributed by atoms with Crippen LogP contribution in [-0.2, 0) is 6.18 Å². The molecular weight excluding hydrogens is 494 g/mol. The summed E-state index contributed by atoms with van der Waals surface area (Å²) in [5.41, 5.74) is 5.02. The zero-order chi connectivity index (χ0) is 21.2. The van der Waals surface area contributed by atoms with Crippen LogP contribution in [0.4, 0.5) is 13.2 Å². The number of nitrogens with one attached hydrogen (secondary N) is 1. The van der Waals surface area contributed by atoms with Gasteiger partial charge in [0.1, 0.15) is 0 Å². The van der Waals surface area contributed by atoms with Crippen molar-refractivity contribution < 1.29 is 18.0 Å². The van der Waals surface area contributed by atoms with E-state index in [1.807, 2.05) is 44.2 Å². The van der Waals surface area contributed by atoms with Gasteiger partial charge in [-0.15, -0.1) is 0 Å². The molecule has 150 valence electrons. The summed E-state index contributed by atoms with van der Waals surface area (Å²) in [5.74, 6) is -0.709. The fourth-order valence-corrected chi connectivity index (χ4v) is 3.33. The molecule has 1 N–H and O–H groups in total. The number of amides is 1. The third-order valence-corrected chi connectivity index (χ3v) is 5.10. The van der Waals surface area contributed by atoms with Crippen molar-refractivity contribution in [2.75, 3.05) is 0 Å². The smallest absolute Gasteiger partial charge is 0.318 e. The van der Waals surface area contributed by atoms with Gasteiger partial charge in [0.25, 0.3) is 5.91 Å². The van der Waals surface area contributed by atoms with Crippen LogP contribution < -0.4 is 5.43 Å². The molecule has 0 spiro atoms. The third-order valence-electron chi connectivity index (χ3n) is 4.38. The van der Waals surface area contributed by atoms with Crippen LogP contribution in [0.1, 0.15) is 32.9 Å². The standard InChI is InChI=1S/C21H17F3IN3O/c1-13-10-16(14(2)28(13)19-8-6-18(25)7-9-19)12-26-27-20(29)15-4-3-5-17(11-15)21(22,23)24/h3-12H,1-2H3,(H,27,29)/b26-12+. The first-order valence-corrected chi connectivity index (χ1v) is 9.70. The van der Waals surface area contributed by atoms with Crippen LogP contribution in [0.2, 0.25) is 0 Å². The van der Waals surface area contributed by atoms with Crippen molar-refractivity contribution in [1.82, 2.24) is 9.99 Å². The van der Waals surface area contributed by atoms with Gasteiger partial charge in [0.15, 0.2) is 0 Å². The van der Waals surface area contributed by atoms with Gasteiger partial charge in [-0.05, 0) is 85.0 Å². The molecule has 0 bridgehead atoms. The molecule has 8 heteroatoms. The summed E-state index contributed by atoms with van der Waals surface area (Å²) in [5, 5.41) is 3.91. The van der Waals surface area contributed by atoms with Crippen LogP contribution in [0.15, 0.2) is 59.7 Å². The van der Waals surface area contributed by atoms with E-state index in [0.29, 0.717) is 0 Å². The summed E-state index contributed by atoms with van der Waals surface area (Å²) < 4.78 is 41.6. The largest absolute Gasteiger partial charge is 0.416 e. The molecule has 3 aromatic rings. The topological polar surface area (TPSA) is 46.4 Å². The monoisotopic (exact) mass is 511 g/mol.